The second kappa shape index (κ2) is 7.92. The van der Waals surface area contributed by atoms with Crippen LogP contribution >= 0.6 is 0 Å². The first-order valence-electron chi connectivity index (χ1n) is 4.60. The van der Waals surface area contributed by atoms with Crippen LogP contribution in [0.4, 0.5) is 0 Å². The van der Waals surface area contributed by atoms with E-state index in [1.54, 1.807) is 14.2 Å². The molecule has 0 saturated carbocycles. The molecule has 0 saturated heterocycles. The van der Waals surface area contributed by atoms with Crippen molar-refractivity contribution in [2.24, 2.45) is 5.73 Å². The summed E-state index contributed by atoms with van der Waals surface area (Å²) in [7, 11) is 0.981. The first kappa shape index (κ1) is 14.7. The molecule has 0 heterocycles. The van der Waals surface area contributed by atoms with Crippen molar-refractivity contribution in [1.29, 1.82) is 5.41 Å². The molecule has 88 valence electrons. The zero-order valence-corrected chi connectivity index (χ0v) is 10.4. The van der Waals surface area contributed by atoms with Crippen molar-refractivity contribution in [2.75, 3.05) is 20.4 Å². The summed E-state index contributed by atoms with van der Waals surface area (Å²) in [6.07, 6.45) is 1.18. The average molecular weight is 240 g/mol. The third-order valence-electron chi connectivity index (χ3n) is 2.14. The summed E-state index contributed by atoms with van der Waals surface area (Å²) < 4.78 is 10.8. The van der Waals surface area contributed by atoms with Crippen molar-refractivity contribution in [1.82, 2.24) is 0 Å². The van der Waals surface area contributed by atoms with Gasteiger partial charge in [-0.2, -0.15) is 0 Å². The largest absolute Gasteiger partial charge is 0.394 e. The van der Waals surface area contributed by atoms with Crippen LogP contribution in [0.3, 0.4) is 0 Å². The van der Waals surface area contributed by atoms with Crippen molar-refractivity contribution in [3.63, 3.8) is 0 Å². The summed E-state index contributed by atoms with van der Waals surface area (Å²) in [5.74, 6) is 0. The van der Waals surface area contributed by atoms with Gasteiger partial charge in [-0.15, -0.1) is 0 Å². The fourth-order valence-corrected chi connectivity index (χ4v) is 3.20. The van der Waals surface area contributed by atoms with E-state index in [9.17, 15) is 0 Å². The third kappa shape index (κ3) is 3.69. The maximum Gasteiger partial charge on any atom is 0.386 e. The Bertz CT molecular complexity index is 314. The molecule has 0 aliphatic heterocycles. The summed E-state index contributed by atoms with van der Waals surface area (Å²) in [5, 5.41) is 6.47. The minimum absolute atomic E-state index is 0.435. The van der Waals surface area contributed by atoms with Gasteiger partial charge in [0.1, 0.15) is 0 Å². The molecule has 0 spiro atoms. The predicted octanol–water partition coefficient (Wildman–Crippen LogP) is 0.0275. The van der Waals surface area contributed by atoms with E-state index in [4.69, 9.17) is 24.8 Å². The lowest BCUT2D eigenvalue weighted by Crippen LogP contribution is -2.58. The lowest BCUT2D eigenvalue weighted by Gasteiger charge is -2.25. The fraction of sp³-hybridized carbons (Fsp3) is 0.300. The van der Waals surface area contributed by atoms with Crippen LogP contribution in [0.2, 0.25) is 0 Å². The maximum atomic E-state index is 8.35. The Kier molecular flexibility index (Phi) is 7.28. The molecule has 0 fully saturated rings. The Morgan fingerprint density at radius 2 is 1.75 bits per heavy atom. The Morgan fingerprint density at radius 3 is 2.06 bits per heavy atom. The second-order valence-corrected chi connectivity index (χ2v) is 6.14. The second-order valence-electron chi connectivity index (χ2n) is 2.83. The minimum Gasteiger partial charge on any atom is -0.394 e. The number of isocyanates is 1. The molecule has 0 atom stereocenters. The van der Waals surface area contributed by atoms with E-state index in [0.29, 0.717) is 6.17 Å². The van der Waals surface area contributed by atoms with Crippen molar-refractivity contribution in [3.05, 3.63) is 30.3 Å². The molecule has 0 radical (unpaired) electrons. The molecule has 1 aromatic carbocycles. The molecule has 6 heteroatoms. The van der Waals surface area contributed by atoms with Gasteiger partial charge in [0.2, 0.25) is 6.08 Å². The summed E-state index contributed by atoms with van der Waals surface area (Å²) in [6, 6.07) is 9.87. The van der Waals surface area contributed by atoms with Crippen molar-refractivity contribution in [3.8, 4) is 0 Å². The monoisotopic (exact) mass is 240 g/mol. The van der Waals surface area contributed by atoms with Gasteiger partial charge in [0.05, 0.1) is 0 Å². The molecule has 16 heavy (non-hydrogen) atoms. The van der Waals surface area contributed by atoms with Crippen molar-refractivity contribution >= 4 is 19.8 Å². The predicted molar refractivity (Wildman–Crippen MR) is 63.3 cm³/mol. The van der Waals surface area contributed by atoms with E-state index < -0.39 is 8.56 Å². The molecule has 0 bridgehead atoms. The van der Waals surface area contributed by atoms with E-state index in [1.807, 2.05) is 30.3 Å². The normalized spacial score (nSPS) is 9.94. The Morgan fingerprint density at radius 1 is 1.31 bits per heavy atom. The molecule has 3 N–H and O–H groups in total. The number of nitrogens with two attached hydrogens (primary N) is 1. The zero-order valence-electron chi connectivity index (χ0n) is 9.40. The standard InChI is InChI=1S/C9H15NO2Si.CHNO/c1-11-13(8-10,12-2)9-6-4-3-5-7-9;2-1-3/h3-7H,8,10H2,1-2H3;2H. The zero-order chi connectivity index (χ0) is 12.4. The number of benzene rings is 1. The van der Waals surface area contributed by atoms with Crippen LogP contribution in [-0.2, 0) is 13.6 Å². The molecule has 0 aliphatic carbocycles. The fourth-order valence-electron chi connectivity index (χ4n) is 1.30. The highest BCUT2D eigenvalue weighted by molar-refractivity contribution is 6.81. The molecular weight excluding hydrogens is 224 g/mol. The van der Waals surface area contributed by atoms with Crippen LogP contribution in [0.1, 0.15) is 0 Å². The maximum absolute atomic E-state index is 8.35. The van der Waals surface area contributed by atoms with Crippen molar-refractivity contribution in [2.45, 2.75) is 0 Å². The molecule has 5 nitrogen and oxygen atoms in total. The third-order valence-corrected chi connectivity index (χ3v) is 5.21. The van der Waals surface area contributed by atoms with Gasteiger partial charge in [-0.3, -0.25) is 0 Å². The lowest BCUT2D eigenvalue weighted by molar-refractivity contribution is 0.259. The smallest absolute Gasteiger partial charge is 0.386 e. The van der Waals surface area contributed by atoms with E-state index in [0.717, 1.165) is 11.3 Å². The number of nitrogens with one attached hydrogen (secondary N) is 1. The highest BCUT2D eigenvalue weighted by Gasteiger charge is 2.36. The van der Waals surface area contributed by atoms with Crippen LogP contribution < -0.4 is 10.9 Å². The molecule has 0 aliphatic rings. The summed E-state index contributed by atoms with van der Waals surface area (Å²) in [6.45, 7) is 0. The van der Waals surface area contributed by atoms with Gasteiger partial charge in [0.25, 0.3) is 0 Å². The molecule has 1 aromatic rings. The molecule has 0 aromatic heterocycles. The van der Waals surface area contributed by atoms with Crippen LogP contribution in [0, 0.1) is 5.41 Å². The first-order valence-corrected chi connectivity index (χ1v) is 6.62. The van der Waals surface area contributed by atoms with Crippen LogP contribution in [-0.4, -0.2) is 35.0 Å². The highest BCUT2D eigenvalue weighted by Crippen LogP contribution is 2.03. The number of carbonyl (C=O) groups excluding carboxylic acids is 1. The lowest BCUT2D eigenvalue weighted by atomic mass is 10.4. The van der Waals surface area contributed by atoms with E-state index in [-0.39, 0.29) is 0 Å². The van der Waals surface area contributed by atoms with Gasteiger partial charge in [0.15, 0.2) is 0 Å². The molecule has 0 amide bonds. The summed E-state index contributed by atoms with van der Waals surface area (Å²) in [4.78, 5) is 8.35. The van der Waals surface area contributed by atoms with Crippen LogP contribution in [0.15, 0.2) is 30.3 Å². The minimum atomic E-state index is -2.32. The SMILES string of the molecule is CO[Si](CN)(OC)c1ccccc1.N=C=O. The topological polar surface area (TPSA) is 85.4 Å². The molecule has 1 rings (SSSR count). The quantitative estimate of drug-likeness (QED) is 0.441. The van der Waals surface area contributed by atoms with Crippen LogP contribution in [0.5, 0.6) is 0 Å². The average Bonchev–Trinajstić information content (AvgIpc) is 2.34. The van der Waals surface area contributed by atoms with Gasteiger partial charge >= 0.3 is 8.56 Å². The number of hydrogen-bond donors (Lipinski definition) is 2. The highest BCUT2D eigenvalue weighted by atomic mass is 28.4. The van der Waals surface area contributed by atoms with Crippen LogP contribution in [0.25, 0.3) is 0 Å². The Hall–Kier alpha value is -1.30. The Balaban J connectivity index is 0.000000673. The molecule has 0 unspecified atom stereocenters. The van der Waals surface area contributed by atoms with Gasteiger partial charge in [-0.25, -0.2) is 10.2 Å². The molecular formula is C10H16N2O3Si. The first-order chi connectivity index (χ1) is 7.70. The summed E-state index contributed by atoms with van der Waals surface area (Å²) >= 11 is 0. The number of rotatable bonds is 4. The van der Waals surface area contributed by atoms with E-state index in [1.165, 1.54) is 0 Å². The number of hydrogen-bond acceptors (Lipinski definition) is 5. The van der Waals surface area contributed by atoms with E-state index >= 15 is 0 Å². The van der Waals surface area contributed by atoms with Gasteiger partial charge in [-0.1, -0.05) is 30.3 Å². The van der Waals surface area contributed by atoms with Gasteiger partial charge in [0, 0.05) is 20.4 Å². The van der Waals surface area contributed by atoms with Gasteiger partial charge < -0.3 is 14.6 Å². The summed E-state index contributed by atoms with van der Waals surface area (Å²) in [5.41, 5.74) is 5.67. The van der Waals surface area contributed by atoms with Gasteiger partial charge in [-0.05, 0) is 5.19 Å². The van der Waals surface area contributed by atoms with E-state index in [2.05, 4.69) is 0 Å². The Labute approximate surface area is 95.9 Å². The van der Waals surface area contributed by atoms with Crippen molar-refractivity contribution < 1.29 is 13.6 Å².